The molecule has 0 bridgehead atoms. The minimum absolute atomic E-state index is 0.228. The van der Waals surface area contributed by atoms with Gasteiger partial charge in [-0.05, 0) is 53.1 Å². The van der Waals surface area contributed by atoms with Gasteiger partial charge in [0.05, 0.1) is 52.4 Å². The van der Waals surface area contributed by atoms with Crippen LogP contribution in [0.5, 0.6) is 0 Å². The Balaban J connectivity index is 2.50. The van der Waals surface area contributed by atoms with Gasteiger partial charge >= 0.3 is 0 Å². The van der Waals surface area contributed by atoms with Gasteiger partial charge in [-0.2, -0.15) is 15.0 Å². The van der Waals surface area contributed by atoms with Crippen molar-refractivity contribution in [2.75, 3.05) is 76.1 Å². The minimum atomic E-state index is 0.228. The smallest absolute Gasteiger partial charge is 0.228 e. The summed E-state index contributed by atoms with van der Waals surface area (Å²) in [6.07, 6.45) is 2.15. The predicted octanol–water partition coefficient (Wildman–Crippen LogP) is 3.88. The van der Waals surface area contributed by atoms with Crippen LogP contribution in [0.15, 0.2) is 0 Å². The molecule has 0 spiro atoms. The van der Waals surface area contributed by atoms with E-state index in [9.17, 15) is 0 Å². The van der Waals surface area contributed by atoms with Crippen molar-refractivity contribution >= 4 is 23.5 Å². The summed E-state index contributed by atoms with van der Waals surface area (Å²) in [4.78, 5) is 12.9. The number of rotatable bonds is 16. The van der Waals surface area contributed by atoms with Crippen molar-refractivity contribution in [3.05, 3.63) is 5.28 Å². The predicted molar refractivity (Wildman–Crippen MR) is 125 cm³/mol. The van der Waals surface area contributed by atoms with Crippen LogP contribution in [0.2, 0.25) is 5.28 Å². The molecule has 29 heavy (non-hydrogen) atoms. The highest BCUT2D eigenvalue weighted by atomic mass is 35.5. The van der Waals surface area contributed by atoms with Crippen molar-refractivity contribution in [1.29, 1.82) is 0 Å². The highest BCUT2D eigenvalue weighted by molar-refractivity contribution is 6.28. The summed E-state index contributed by atoms with van der Waals surface area (Å²) in [6, 6.07) is 0. The number of hydrogen-bond donors (Lipinski definition) is 2. The van der Waals surface area contributed by atoms with Crippen molar-refractivity contribution in [3.63, 3.8) is 0 Å². The van der Waals surface area contributed by atoms with Gasteiger partial charge in [-0.3, -0.25) is 0 Å². The van der Waals surface area contributed by atoms with E-state index in [2.05, 4.69) is 67.1 Å². The monoisotopic (exact) mass is 429 g/mol. The Kier molecular flexibility index (Phi) is 11.8. The molecule has 0 radical (unpaired) electrons. The van der Waals surface area contributed by atoms with E-state index in [0.717, 1.165) is 48.0 Å². The van der Waals surface area contributed by atoms with E-state index in [0.29, 0.717) is 11.9 Å². The molecule has 1 aromatic heterocycles. The van der Waals surface area contributed by atoms with E-state index in [1.54, 1.807) is 0 Å². The maximum atomic E-state index is 6.11. The second-order valence-electron chi connectivity index (χ2n) is 7.84. The first-order valence-electron chi connectivity index (χ1n) is 11.5. The SMILES string of the molecule is CC[N+](CC)(CC)CCCNc1nc(Cl)nc(NCCC[N+](CC)(CC)CC)n1. The van der Waals surface area contributed by atoms with E-state index >= 15 is 0 Å². The maximum absolute atomic E-state index is 6.11. The normalized spacial score (nSPS) is 12.2. The number of nitrogens with one attached hydrogen (secondary N) is 2. The lowest BCUT2D eigenvalue weighted by atomic mass is 10.3. The molecule has 8 heteroatoms. The van der Waals surface area contributed by atoms with Crippen LogP contribution in [-0.2, 0) is 0 Å². The largest absolute Gasteiger partial charge is 0.354 e. The number of aromatic nitrogens is 3. The molecule has 0 aliphatic carbocycles. The average Bonchev–Trinajstić information content (AvgIpc) is 2.75. The molecule has 0 saturated heterocycles. The Bertz CT molecular complexity index is 511. The molecular weight excluding hydrogens is 386 g/mol. The van der Waals surface area contributed by atoms with E-state index in [4.69, 9.17) is 11.6 Å². The van der Waals surface area contributed by atoms with Crippen LogP contribution in [0.4, 0.5) is 11.9 Å². The molecule has 0 fully saturated rings. The maximum Gasteiger partial charge on any atom is 0.228 e. The molecule has 0 aromatic carbocycles. The minimum Gasteiger partial charge on any atom is -0.354 e. The van der Waals surface area contributed by atoms with Crippen molar-refractivity contribution in [2.24, 2.45) is 0 Å². The fourth-order valence-corrected chi connectivity index (χ4v) is 4.19. The molecule has 0 aliphatic rings. The summed E-state index contributed by atoms with van der Waals surface area (Å²) in [5.41, 5.74) is 0. The summed E-state index contributed by atoms with van der Waals surface area (Å²) in [5.74, 6) is 1.10. The molecule has 0 aliphatic heterocycles. The fourth-order valence-electron chi connectivity index (χ4n) is 4.03. The zero-order valence-corrected chi connectivity index (χ0v) is 20.4. The zero-order valence-electron chi connectivity index (χ0n) is 19.6. The fraction of sp³-hybridized carbons (Fsp3) is 0.857. The molecule has 7 nitrogen and oxygen atoms in total. The van der Waals surface area contributed by atoms with E-state index in [-0.39, 0.29) is 5.28 Å². The van der Waals surface area contributed by atoms with Crippen LogP contribution in [0.25, 0.3) is 0 Å². The van der Waals surface area contributed by atoms with Gasteiger partial charge in [-0.25, -0.2) is 0 Å². The molecule has 1 aromatic rings. The lowest BCUT2D eigenvalue weighted by molar-refractivity contribution is -0.923. The van der Waals surface area contributed by atoms with E-state index in [1.165, 1.54) is 39.3 Å². The molecule has 0 amide bonds. The third-order valence-electron chi connectivity index (χ3n) is 6.82. The molecule has 0 saturated carbocycles. The topological polar surface area (TPSA) is 62.7 Å². The lowest BCUT2D eigenvalue weighted by Crippen LogP contribution is -2.48. The Morgan fingerprint density at radius 2 is 0.966 bits per heavy atom. The van der Waals surface area contributed by atoms with Gasteiger partial charge in [-0.1, -0.05) is 0 Å². The van der Waals surface area contributed by atoms with Crippen molar-refractivity contribution in [3.8, 4) is 0 Å². The van der Waals surface area contributed by atoms with Gasteiger partial charge in [-0.15, -0.1) is 0 Å². The number of hydrogen-bond acceptors (Lipinski definition) is 5. The molecular formula is C21H44ClN7+2. The summed E-state index contributed by atoms with van der Waals surface area (Å²) < 4.78 is 2.31. The van der Waals surface area contributed by atoms with Crippen molar-refractivity contribution in [2.45, 2.75) is 54.4 Å². The third kappa shape index (κ3) is 8.22. The molecule has 0 unspecified atom stereocenters. The lowest BCUT2D eigenvalue weighted by Gasteiger charge is -2.35. The second-order valence-corrected chi connectivity index (χ2v) is 8.18. The Morgan fingerprint density at radius 3 is 1.28 bits per heavy atom. The van der Waals surface area contributed by atoms with Crippen LogP contribution in [0.3, 0.4) is 0 Å². The number of anilines is 2. The Morgan fingerprint density at radius 1 is 0.621 bits per heavy atom. The van der Waals surface area contributed by atoms with Gasteiger partial charge in [0, 0.05) is 25.9 Å². The summed E-state index contributed by atoms with van der Waals surface area (Å²) in [7, 11) is 0. The highest BCUT2D eigenvalue weighted by Crippen LogP contribution is 2.12. The van der Waals surface area contributed by atoms with Crippen LogP contribution in [0, 0.1) is 0 Å². The first kappa shape index (κ1) is 25.9. The average molecular weight is 430 g/mol. The summed E-state index contributed by atoms with van der Waals surface area (Å²) >= 11 is 6.11. The molecule has 168 valence electrons. The van der Waals surface area contributed by atoms with E-state index < -0.39 is 0 Å². The Hall–Kier alpha value is -1.18. The number of quaternary nitrogens is 2. The number of nitrogens with zero attached hydrogens (tertiary/aromatic N) is 5. The quantitative estimate of drug-likeness (QED) is 0.308. The van der Waals surface area contributed by atoms with Crippen molar-refractivity contribution < 1.29 is 8.97 Å². The molecule has 0 atom stereocenters. The molecule has 2 N–H and O–H groups in total. The second kappa shape index (κ2) is 13.2. The summed E-state index contributed by atoms with van der Waals surface area (Å²) in [5, 5.41) is 6.85. The molecule has 1 heterocycles. The molecule has 1 rings (SSSR count). The third-order valence-corrected chi connectivity index (χ3v) is 6.99. The van der Waals surface area contributed by atoms with Gasteiger partial charge in [0.2, 0.25) is 17.2 Å². The Labute approximate surface area is 183 Å². The van der Waals surface area contributed by atoms with Gasteiger partial charge < -0.3 is 19.6 Å². The standard InChI is InChI=1S/C21H44ClN7/c1-7-28(8-2,9-3)17-13-15-23-20-25-19(22)26-21(27-20)24-16-14-18-29(10-4,11-5)12-6/h7-18H2,1-6H3,(H2,23,24,25,26,27)/q+2. The highest BCUT2D eigenvalue weighted by Gasteiger charge is 2.20. The van der Waals surface area contributed by atoms with Gasteiger partial charge in [0.25, 0.3) is 0 Å². The first-order valence-corrected chi connectivity index (χ1v) is 11.9. The van der Waals surface area contributed by atoms with E-state index in [1.807, 2.05) is 0 Å². The van der Waals surface area contributed by atoms with Gasteiger partial charge in [0.1, 0.15) is 0 Å². The van der Waals surface area contributed by atoms with Crippen LogP contribution >= 0.6 is 11.6 Å². The number of halogens is 1. The van der Waals surface area contributed by atoms with Crippen LogP contribution in [0.1, 0.15) is 54.4 Å². The van der Waals surface area contributed by atoms with Gasteiger partial charge in [0.15, 0.2) is 0 Å². The first-order chi connectivity index (χ1) is 13.9. The van der Waals surface area contributed by atoms with Crippen LogP contribution < -0.4 is 10.6 Å². The summed E-state index contributed by atoms with van der Waals surface area (Å²) in [6.45, 7) is 24.7. The van der Waals surface area contributed by atoms with Crippen molar-refractivity contribution in [1.82, 2.24) is 15.0 Å². The zero-order chi connectivity index (χ0) is 21.8. The van der Waals surface area contributed by atoms with Crippen LogP contribution in [-0.4, -0.2) is 89.4 Å².